The second-order valence-corrected chi connectivity index (χ2v) is 2.01. The Labute approximate surface area is 48.2 Å². The Morgan fingerprint density at radius 2 is 2.50 bits per heavy atom. The first kappa shape index (κ1) is 5.56. The average Bonchev–Trinajstić information content (AvgIpc) is 2.12. The van der Waals surface area contributed by atoms with E-state index in [-0.39, 0.29) is 6.04 Å². The van der Waals surface area contributed by atoms with Crippen LogP contribution in [0.5, 0.6) is 0 Å². The molecule has 0 saturated carbocycles. The molecule has 1 radical (unpaired) electrons. The van der Waals surface area contributed by atoms with Crippen LogP contribution in [0.2, 0.25) is 0 Å². The van der Waals surface area contributed by atoms with Crippen molar-refractivity contribution in [1.29, 1.82) is 0 Å². The summed E-state index contributed by atoms with van der Waals surface area (Å²) in [5.41, 5.74) is 6.67. The van der Waals surface area contributed by atoms with Crippen LogP contribution in [0.4, 0.5) is 0 Å². The highest BCUT2D eigenvalue weighted by atomic mass is 16.1. The molecule has 3 nitrogen and oxygen atoms in total. The Balaban J connectivity index is 2.35. The van der Waals surface area contributed by atoms with Crippen LogP contribution >= 0.6 is 0 Å². The predicted octanol–water partition coefficient (Wildman–Crippen LogP) is -0.452. The van der Waals surface area contributed by atoms with E-state index in [4.69, 9.17) is 5.73 Å². The number of rotatable bonds is 1. The zero-order valence-electron chi connectivity index (χ0n) is 4.61. The van der Waals surface area contributed by atoms with E-state index in [1.54, 1.807) is 0 Å². The summed E-state index contributed by atoms with van der Waals surface area (Å²) in [6.45, 7) is 0.898. The molecule has 1 aliphatic rings. The van der Waals surface area contributed by atoms with E-state index in [2.05, 4.69) is 5.32 Å². The van der Waals surface area contributed by atoms with Gasteiger partial charge in [0, 0.05) is 0 Å². The molecule has 1 rings (SSSR count). The molecule has 1 aliphatic heterocycles. The minimum atomic E-state index is -0.470. The van der Waals surface area contributed by atoms with E-state index in [1.807, 2.05) is 0 Å². The SMILES string of the molecule is [NH]C(=O)C1CCCN1. The summed E-state index contributed by atoms with van der Waals surface area (Å²) < 4.78 is 0. The zero-order chi connectivity index (χ0) is 5.98. The molecule has 1 amide bonds. The molecule has 45 valence electrons. The van der Waals surface area contributed by atoms with Crippen molar-refractivity contribution in [2.75, 3.05) is 6.54 Å². The fourth-order valence-corrected chi connectivity index (χ4v) is 0.908. The van der Waals surface area contributed by atoms with Gasteiger partial charge in [0.15, 0.2) is 0 Å². The third kappa shape index (κ3) is 0.980. The molecule has 8 heavy (non-hydrogen) atoms. The van der Waals surface area contributed by atoms with Gasteiger partial charge in [-0.15, -0.1) is 0 Å². The molecule has 1 unspecified atom stereocenters. The Morgan fingerprint density at radius 3 is 2.75 bits per heavy atom. The molecule has 1 atom stereocenters. The van der Waals surface area contributed by atoms with Gasteiger partial charge < -0.3 is 5.32 Å². The Bertz CT molecular complexity index is 96.6. The first-order chi connectivity index (χ1) is 3.80. The van der Waals surface area contributed by atoms with E-state index in [9.17, 15) is 4.79 Å². The first-order valence-corrected chi connectivity index (χ1v) is 2.79. The van der Waals surface area contributed by atoms with Gasteiger partial charge in [0.2, 0.25) is 0 Å². The van der Waals surface area contributed by atoms with E-state index in [0.717, 1.165) is 19.4 Å². The number of hydrogen-bond donors (Lipinski definition) is 1. The van der Waals surface area contributed by atoms with Gasteiger partial charge in [0.25, 0.3) is 5.91 Å². The highest BCUT2D eigenvalue weighted by Crippen LogP contribution is 2.03. The summed E-state index contributed by atoms with van der Waals surface area (Å²) in [4.78, 5) is 10.3. The minimum absolute atomic E-state index is 0.157. The van der Waals surface area contributed by atoms with Crippen molar-refractivity contribution < 1.29 is 4.79 Å². The van der Waals surface area contributed by atoms with Crippen molar-refractivity contribution >= 4 is 5.91 Å². The van der Waals surface area contributed by atoms with Crippen molar-refractivity contribution in [2.45, 2.75) is 18.9 Å². The number of carbonyl (C=O) groups excluding carboxylic acids is 1. The lowest BCUT2D eigenvalue weighted by Crippen LogP contribution is -2.31. The lowest BCUT2D eigenvalue weighted by molar-refractivity contribution is -0.120. The van der Waals surface area contributed by atoms with Gasteiger partial charge in [0.05, 0.1) is 6.04 Å². The Morgan fingerprint density at radius 1 is 1.75 bits per heavy atom. The maximum Gasteiger partial charge on any atom is 0.255 e. The molecule has 2 N–H and O–H groups in total. The molecule has 0 aliphatic carbocycles. The van der Waals surface area contributed by atoms with Crippen molar-refractivity contribution in [3.8, 4) is 0 Å². The van der Waals surface area contributed by atoms with Crippen LogP contribution in [0.1, 0.15) is 12.8 Å². The standard InChI is InChI=1S/C5H9N2O/c6-5(8)4-2-1-3-7-4/h4,6-7H,1-3H2. The van der Waals surface area contributed by atoms with Gasteiger partial charge in [-0.1, -0.05) is 0 Å². The molecule has 0 aromatic heterocycles. The second-order valence-electron chi connectivity index (χ2n) is 2.01. The molecular weight excluding hydrogens is 104 g/mol. The summed E-state index contributed by atoms with van der Waals surface area (Å²) in [7, 11) is 0. The normalized spacial score (nSPS) is 28.2. The van der Waals surface area contributed by atoms with Crippen LogP contribution in [0.25, 0.3) is 0 Å². The van der Waals surface area contributed by atoms with Crippen LogP contribution in [-0.4, -0.2) is 18.5 Å². The van der Waals surface area contributed by atoms with Crippen LogP contribution < -0.4 is 11.1 Å². The molecule has 0 aromatic rings. The third-order valence-corrected chi connectivity index (χ3v) is 1.38. The Hall–Kier alpha value is -0.570. The molecule has 1 fully saturated rings. The number of nitrogens with one attached hydrogen (secondary N) is 2. The monoisotopic (exact) mass is 113 g/mol. The zero-order valence-corrected chi connectivity index (χ0v) is 4.61. The molecule has 0 bridgehead atoms. The van der Waals surface area contributed by atoms with Crippen LogP contribution in [0.3, 0.4) is 0 Å². The number of amides is 1. The molecule has 1 heterocycles. The third-order valence-electron chi connectivity index (χ3n) is 1.38. The smallest absolute Gasteiger partial charge is 0.255 e. The lowest BCUT2D eigenvalue weighted by atomic mass is 10.2. The van der Waals surface area contributed by atoms with Gasteiger partial charge in [-0.2, -0.15) is 0 Å². The summed E-state index contributed by atoms with van der Waals surface area (Å²) >= 11 is 0. The number of carbonyl (C=O) groups is 1. The highest BCUT2D eigenvalue weighted by molar-refractivity contribution is 5.79. The summed E-state index contributed by atoms with van der Waals surface area (Å²) in [5, 5.41) is 2.92. The van der Waals surface area contributed by atoms with Gasteiger partial charge in [0.1, 0.15) is 0 Å². The molecule has 0 spiro atoms. The van der Waals surface area contributed by atoms with Crippen LogP contribution in [0, 0.1) is 0 Å². The van der Waals surface area contributed by atoms with E-state index in [1.165, 1.54) is 0 Å². The van der Waals surface area contributed by atoms with E-state index < -0.39 is 5.91 Å². The summed E-state index contributed by atoms with van der Waals surface area (Å²) in [5.74, 6) is -0.470. The van der Waals surface area contributed by atoms with Crippen LogP contribution in [-0.2, 0) is 4.79 Å². The molecule has 3 heteroatoms. The van der Waals surface area contributed by atoms with Crippen molar-refractivity contribution in [2.24, 2.45) is 0 Å². The van der Waals surface area contributed by atoms with Crippen LogP contribution in [0.15, 0.2) is 0 Å². The molecule has 1 saturated heterocycles. The summed E-state index contributed by atoms with van der Waals surface area (Å²) in [6, 6.07) is -0.157. The lowest BCUT2D eigenvalue weighted by Gasteiger charge is -1.99. The highest BCUT2D eigenvalue weighted by Gasteiger charge is 2.18. The predicted molar refractivity (Wildman–Crippen MR) is 29.1 cm³/mol. The van der Waals surface area contributed by atoms with Crippen molar-refractivity contribution in [3.05, 3.63) is 0 Å². The number of hydrogen-bond acceptors (Lipinski definition) is 2. The summed E-state index contributed by atoms with van der Waals surface area (Å²) in [6.07, 6.45) is 1.89. The quantitative estimate of drug-likeness (QED) is 0.500. The first-order valence-electron chi connectivity index (χ1n) is 2.79. The van der Waals surface area contributed by atoms with Gasteiger partial charge in [-0.25, -0.2) is 0 Å². The molecular formula is C5H9N2O. The largest absolute Gasteiger partial charge is 0.306 e. The van der Waals surface area contributed by atoms with Crippen molar-refractivity contribution in [3.63, 3.8) is 0 Å². The second kappa shape index (κ2) is 2.13. The average molecular weight is 113 g/mol. The Kier molecular flexibility index (Phi) is 1.48. The maximum atomic E-state index is 10.3. The minimum Gasteiger partial charge on any atom is -0.306 e. The van der Waals surface area contributed by atoms with Gasteiger partial charge >= 0.3 is 0 Å². The topological polar surface area (TPSA) is 52.9 Å². The fourth-order valence-electron chi connectivity index (χ4n) is 0.908. The maximum absolute atomic E-state index is 10.3. The van der Waals surface area contributed by atoms with Gasteiger partial charge in [-0.05, 0) is 19.4 Å². The molecule has 0 aromatic carbocycles. The van der Waals surface area contributed by atoms with Gasteiger partial charge in [-0.3, -0.25) is 10.5 Å². The van der Waals surface area contributed by atoms with E-state index >= 15 is 0 Å². The van der Waals surface area contributed by atoms with Crippen molar-refractivity contribution in [1.82, 2.24) is 11.1 Å². The van der Waals surface area contributed by atoms with E-state index in [0.29, 0.717) is 0 Å². The fraction of sp³-hybridized carbons (Fsp3) is 0.800.